The van der Waals surface area contributed by atoms with Gasteiger partial charge in [-0.25, -0.2) is 9.38 Å². The van der Waals surface area contributed by atoms with Crippen LogP contribution < -0.4 is 4.80 Å². The Morgan fingerprint density at radius 1 is 1.50 bits per heavy atom. The molecule has 0 fully saturated rings. The number of aromatic nitrogens is 1. The van der Waals surface area contributed by atoms with Crippen LogP contribution in [-0.2, 0) is 11.3 Å². The lowest BCUT2D eigenvalue weighted by atomic mass is 10.0. The van der Waals surface area contributed by atoms with Crippen LogP contribution in [0.3, 0.4) is 0 Å². The normalized spacial score (nSPS) is 13.4. The van der Waals surface area contributed by atoms with Crippen molar-refractivity contribution in [2.24, 2.45) is 4.99 Å². The van der Waals surface area contributed by atoms with E-state index in [1.807, 2.05) is 12.3 Å². The highest BCUT2D eigenvalue weighted by Gasteiger charge is 2.17. The first-order valence-corrected chi connectivity index (χ1v) is 8.04. The largest absolute Gasteiger partial charge is 0.481 e. The molecule has 6 heteroatoms. The second kappa shape index (κ2) is 6.87. The van der Waals surface area contributed by atoms with Gasteiger partial charge in [0.05, 0.1) is 11.6 Å². The van der Waals surface area contributed by atoms with Crippen molar-refractivity contribution < 1.29 is 14.3 Å². The Morgan fingerprint density at radius 2 is 2.23 bits per heavy atom. The lowest BCUT2D eigenvalue weighted by Crippen LogP contribution is -2.15. The number of halogens is 1. The fraction of sp³-hybridized carbons (Fsp3) is 0.375. The van der Waals surface area contributed by atoms with Gasteiger partial charge >= 0.3 is 5.97 Å². The summed E-state index contributed by atoms with van der Waals surface area (Å²) in [5, 5.41) is 11.0. The number of hydrogen-bond acceptors (Lipinski definition) is 3. The van der Waals surface area contributed by atoms with Gasteiger partial charge in [-0.15, -0.1) is 11.3 Å². The molecule has 1 heterocycles. The maximum absolute atomic E-state index is 14.1. The van der Waals surface area contributed by atoms with Crippen molar-refractivity contribution in [3.8, 4) is 0 Å². The second-order valence-corrected chi connectivity index (χ2v) is 6.03. The van der Waals surface area contributed by atoms with E-state index in [4.69, 9.17) is 5.11 Å². The number of hydrogen-bond donors (Lipinski definition) is 1. The lowest BCUT2D eigenvalue weighted by molar-refractivity contribution is -0.138. The van der Waals surface area contributed by atoms with Crippen molar-refractivity contribution in [3.05, 3.63) is 45.5 Å². The van der Waals surface area contributed by atoms with Crippen LogP contribution in [0.4, 0.5) is 10.1 Å². The Hall–Kier alpha value is -1.95. The summed E-state index contributed by atoms with van der Waals surface area (Å²) in [6, 6.07) is 4.45. The van der Waals surface area contributed by atoms with Gasteiger partial charge < -0.3 is 9.67 Å². The van der Waals surface area contributed by atoms with E-state index >= 15 is 0 Å². The standard InChI is InChI=1S/C16H19FN2O2S/c1-4-7-19-10(2)9-22-16(19)18-12-5-6-13(14(17)8-12)11(3)15(20)21/h5-6,8-9,11H,4,7H2,1-3H3,(H,20,21). The molecule has 1 unspecified atom stereocenters. The number of benzene rings is 1. The van der Waals surface area contributed by atoms with Gasteiger partial charge in [-0.05, 0) is 32.4 Å². The van der Waals surface area contributed by atoms with Crippen LogP contribution in [0.2, 0.25) is 0 Å². The first-order chi connectivity index (χ1) is 10.4. The molecule has 0 aliphatic heterocycles. The van der Waals surface area contributed by atoms with Crippen LogP contribution in [0.5, 0.6) is 0 Å². The van der Waals surface area contributed by atoms with Crippen LogP contribution in [0, 0.1) is 12.7 Å². The molecular weight excluding hydrogens is 303 g/mol. The zero-order valence-electron chi connectivity index (χ0n) is 12.8. The summed E-state index contributed by atoms with van der Waals surface area (Å²) in [7, 11) is 0. The number of carbonyl (C=O) groups is 1. The van der Waals surface area contributed by atoms with E-state index in [1.165, 1.54) is 30.4 Å². The molecule has 0 bridgehead atoms. The molecule has 1 aromatic carbocycles. The van der Waals surface area contributed by atoms with Crippen molar-refractivity contribution in [3.63, 3.8) is 0 Å². The molecule has 0 amide bonds. The maximum atomic E-state index is 14.1. The van der Waals surface area contributed by atoms with Crippen molar-refractivity contribution in [2.45, 2.75) is 39.7 Å². The Balaban J connectivity index is 2.41. The van der Waals surface area contributed by atoms with Gasteiger partial charge in [0.2, 0.25) is 0 Å². The van der Waals surface area contributed by atoms with Gasteiger partial charge in [-0.2, -0.15) is 0 Å². The Bertz CT molecular complexity index is 749. The second-order valence-electron chi connectivity index (χ2n) is 5.19. The van der Waals surface area contributed by atoms with Crippen LogP contribution in [0.1, 0.15) is 37.4 Å². The smallest absolute Gasteiger partial charge is 0.310 e. The Morgan fingerprint density at radius 3 is 2.82 bits per heavy atom. The third-order valence-electron chi connectivity index (χ3n) is 3.48. The van der Waals surface area contributed by atoms with E-state index in [0.717, 1.165) is 23.5 Å². The molecule has 2 rings (SSSR count). The van der Waals surface area contributed by atoms with Crippen LogP contribution in [0.25, 0.3) is 0 Å². The van der Waals surface area contributed by atoms with Gasteiger partial charge in [0.15, 0.2) is 4.80 Å². The van der Waals surface area contributed by atoms with Gasteiger partial charge in [-0.3, -0.25) is 4.79 Å². The average Bonchev–Trinajstić information content (AvgIpc) is 2.80. The number of aryl methyl sites for hydroxylation is 1. The first-order valence-electron chi connectivity index (χ1n) is 7.16. The predicted octanol–water partition coefficient (Wildman–Crippen LogP) is 3.83. The van der Waals surface area contributed by atoms with E-state index < -0.39 is 17.7 Å². The molecular formula is C16H19FN2O2S. The van der Waals surface area contributed by atoms with Gasteiger partial charge in [0, 0.05) is 23.2 Å². The molecule has 4 nitrogen and oxygen atoms in total. The summed E-state index contributed by atoms with van der Waals surface area (Å²) < 4.78 is 16.2. The maximum Gasteiger partial charge on any atom is 0.310 e. The summed E-state index contributed by atoms with van der Waals surface area (Å²) >= 11 is 1.51. The predicted molar refractivity (Wildman–Crippen MR) is 85.0 cm³/mol. The molecule has 1 aromatic heterocycles. The Kier molecular flexibility index (Phi) is 5.13. The summed E-state index contributed by atoms with van der Waals surface area (Å²) in [5.41, 5.74) is 1.79. The van der Waals surface area contributed by atoms with Crippen LogP contribution >= 0.6 is 11.3 Å². The molecule has 0 radical (unpaired) electrons. The lowest BCUT2D eigenvalue weighted by Gasteiger charge is -2.08. The monoisotopic (exact) mass is 322 g/mol. The molecule has 0 aliphatic rings. The zero-order valence-corrected chi connectivity index (χ0v) is 13.7. The Labute approximate surface area is 132 Å². The van der Waals surface area contributed by atoms with Crippen molar-refractivity contribution in [1.82, 2.24) is 4.57 Å². The summed E-state index contributed by atoms with van der Waals surface area (Å²) in [5.74, 6) is -2.45. The molecule has 1 N–H and O–H groups in total. The number of nitrogens with zero attached hydrogens (tertiary/aromatic N) is 2. The molecule has 0 aliphatic carbocycles. The minimum absolute atomic E-state index is 0.176. The molecule has 1 atom stereocenters. The summed E-state index contributed by atoms with van der Waals surface area (Å²) in [6.07, 6.45) is 0.994. The van der Waals surface area contributed by atoms with Crippen molar-refractivity contribution >= 4 is 23.0 Å². The number of carboxylic acids is 1. The third kappa shape index (κ3) is 3.44. The quantitative estimate of drug-likeness (QED) is 0.909. The SMILES string of the molecule is CCCn1c(C)csc1=Nc1ccc(C(C)C(=O)O)c(F)c1. The van der Waals surface area contributed by atoms with Crippen molar-refractivity contribution in [2.75, 3.05) is 0 Å². The van der Waals surface area contributed by atoms with E-state index in [2.05, 4.69) is 16.5 Å². The highest BCUT2D eigenvalue weighted by atomic mass is 32.1. The molecule has 118 valence electrons. The number of aliphatic carboxylic acids is 1. The van der Waals surface area contributed by atoms with Crippen molar-refractivity contribution in [1.29, 1.82) is 0 Å². The van der Waals surface area contributed by atoms with E-state index in [-0.39, 0.29) is 5.56 Å². The minimum atomic E-state index is -1.04. The molecule has 22 heavy (non-hydrogen) atoms. The highest BCUT2D eigenvalue weighted by Crippen LogP contribution is 2.23. The number of rotatable bonds is 5. The fourth-order valence-corrected chi connectivity index (χ4v) is 3.10. The van der Waals surface area contributed by atoms with Crippen LogP contribution in [0.15, 0.2) is 28.6 Å². The molecule has 0 spiro atoms. The van der Waals surface area contributed by atoms with Crippen LogP contribution in [-0.4, -0.2) is 15.6 Å². The van der Waals surface area contributed by atoms with E-state index in [0.29, 0.717) is 5.69 Å². The van der Waals surface area contributed by atoms with Gasteiger partial charge in [-0.1, -0.05) is 13.0 Å². The summed E-state index contributed by atoms with van der Waals surface area (Å²) in [6.45, 7) is 6.44. The van der Waals surface area contributed by atoms with E-state index in [1.54, 1.807) is 6.07 Å². The number of thiazole rings is 1. The highest BCUT2D eigenvalue weighted by molar-refractivity contribution is 7.07. The fourth-order valence-electron chi connectivity index (χ4n) is 2.18. The van der Waals surface area contributed by atoms with Gasteiger partial charge in [0.25, 0.3) is 0 Å². The molecule has 2 aromatic rings. The first kappa shape index (κ1) is 16.4. The number of carboxylic acid groups (broad SMARTS) is 1. The average molecular weight is 322 g/mol. The molecule has 0 saturated heterocycles. The third-order valence-corrected chi connectivity index (χ3v) is 4.47. The van der Waals surface area contributed by atoms with E-state index in [9.17, 15) is 9.18 Å². The minimum Gasteiger partial charge on any atom is -0.481 e. The van der Waals surface area contributed by atoms with Gasteiger partial charge in [0.1, 0.15) is 5.82 Å². The molecule has 0 saturated carbocycles. The topological polar surface area (TPSA) is 54.6 Å². The summed E-state index contributed by atoms with van der Waals surface area (Å²) in [4.78, 5) is 16.3. The zero-order chi connectivity index (χ0) is 16.3.